The molecule has 0 saturated heterocycles. The molecule has 6 nitrogen and oxygen atoms in total. The minimum Gasteiger partial charge on any atom is -0.487 e. The molecule has 1 aliphatic heterocycles. The topological polar surface area (TPSA) is 69.9 Å². The van der Waals surface area contributed by atoms with Crippen molar-refractivity contribution in [3.05, 3.63) is 126 Å². The van der Waals surface area contributed by atoms with Crippen molar-refractivity contribution in [3.8, 4) is 5.75 Å². The highest BCUT2D eigenvalue weighted by molar-refractivity contribution is 14.1. The number of allylic oxidation sites excluding steroid dienone is 1. The van der Waals surface area contributed by atoms with Crippen molar-refractivity contribution in [2.75, 3.05) is 6.61 Å². The lowest BCUT2D eigenvalue weighted by molar-refractivity contribution is -0.139. The molecule has 5 rings (SSSR count). The summed E-state index contributed by atoms with van der Waals surface area (Å²) in [4.78, 5) is 32.3. The summed E-state index contributed by atoms with van der Waals surface area (Å²) in [5.41, 5.74) is 2.70. The summed E-state index contributed by atoms with van der Waals surface area (Å²) in [5.74, 6) is 0.0943. The van der Waals surface area contributed by atoms with Crippen LogP contribution in [0.4, 0.5) is 0 Å². The summed E-state index contributed by atoms with van der Waals surface area (Å²) >= 11 is 19.8. The Kier molecular flexibility index (Phi) is 9.40. The second-order valence-corrected chi connectivity index (χ2v) is 13.0. The lowest BCUT2D eigenvalue weighted by Crippen LogP contribution is -2.40. The molecule has 210 valence electrons. The first-order chi connectivity index (χ1) is 19.7. The molecular weight excluding hydrogens is 762 g/mol. The van der Waals surface area contributed by atoms with Crippen LogP contribution in [0.3, 0.4) is 0 Å². The Morgan fingerprint density at radius 1 is 1.17 bits per heavy atom. The van der Waals surface area contributed by atoms with Crippen LogP contribution in [0.1, 0.15) is 36.6 Å². The second kappa shape index (κ2) is 12.8. The molecule has 0 aliphatic carbocycles. The van der Waals surface area contributed by atoms with E-state index in [1.165, 1.54) is 15.9 Å². The highest BCUT2D eigenvalue weighted by Gasteiger charge is 2.34. The SMILES string of the molecule is CCOC(=O)C1=C(C)N=c2s/c(=C\c3cc(Br)cc(I)c3OCc3cccc(Cl)c3)c(=O)n2[C@H]1c1ccccc1Cl. The molecule has 1 aromatic heterocycles. The third kappa shape index (κ3) is 6.34. The predicted molar refractivity (Wildman–Crippen MR) is 174 cm³/mol. The van der Waals surface area contributed by atoms with Gasteiger partial charge >= 0.3 is 5.97 Å². The zero-order valence-electron chi connectivity index (χ0n) is 21.8. The van der Waals surface area contributed by atoms with Crippen molar-refractivity contribution in [1.82, 2.24) is 4.57 Å². The van der Waals surface area contributed by atoms with Gasteiger partial charge in [-0.1, -0.05) is 80.8 Å². The van der Waals surface area contributed by atoms with Gasteiger partial charge in [-0.3, -0.25) is 9.36 Å². The molecule has 0 bridgehead atoms. The molecule has 0 unspecified atom stereocenters. The Labute approximate surface area is 272 Å². The first-order valence-electron chi connectivity index (χ1n) is 12.5. The van der Waals surface area contributed by atoms with Gasteiger partial charge in [-0.05, 0) is 84.0 Å². The average Bonchev–Trinajstić information content (AvgIpc) is 3.22. The molecule has 0 radical (unpaired) electrons. The number of nitrogens with zero attached hydrogens (tertiary/aromatic N) is 2. The van der Waals surface area contributed by atoms with Gasteiger partial charge in [0, 0.05) is 20.1 Å². The van der Waals surface area contributed by atoms with Crippen LogP contribution >= 0.6 is 73.1 Å². The molecule has 41 heavy (non-hydrogen) atoms. The van der Waals surface area contributed by atoms with Crippen LogP contribution in [-0.2, 0) is 16.1 Å². The highest BCUT2D eigenvalue weighted by atomic mass is 127. The Balaban J connectivity index is 1.66. The van der Waals surface area contributed by atoms with E-state index in [0.29, 0.717) is 48.6 Å². The molecular formula is C30H22BrCl2IN2O4S. The monoisotopic (exact) mass is 782 g/mol. The van der Waals surface area contributed by atoms with Crippen molar-refractivity contribution < 1.29 is 14.3 Å². The van der Waals surface area contributed by atoms with E-state index in [-0.39, 0.29) is 17.7 Å². The first kappa shape index (κ1) is 30.0. The zero-order valence-corrected chi connectivity index (χ0v) is 27.9. The van der Waals surface area contributed by atoms with E-state index < -0.39 is 12.0 Å². The molecule has 0 saturated carbocycles. The smallest absolute Gasteiger partial charge is 0.338 e. The van der Waals surface area contributed by atoms with Gasteiger partial charge in [-0.25, -0.2) is 9.79 Å². The van der Waals surface area contributed by atoms with E-state index in [2.05, 4.69) is 43.5 Å². The maximum atomic E-state index is 14.0. The summed E-state index contributed by atoms with van der Waals surface area (Å²) in [7, 11) is 0. The number of thiazole rings is 1. The molecule has 1 atom stereocenters. The van der Waals surface area contributed by atoms with E-state index in [1.54, 1.807) is 38.1 Å². The number of carbonyl (C=O) groups is 1. The quantitative estimate of drug-likeness (QED) is 0.149. The van der Waals surface area contributed by atoms with E-state index in [4.69, 9.17) is 32.7 Å². The molecule has 3 aromatic carbocycles. The van der Waals surface area contributed by atoms with Gasteiger partial charge in [-0.2, -0.15) is 0 Å². The number of aromatic nitrogens is 1. The average molecular weight is 784 g/mol. The number of ether oxygens (including phenoxy) is 2. The molecule has 1 aliphatic rings. The van der Waals surface area contributed by atoms with Crippen LogP contribution in [0.5, 0.6) is 5.75 Å². The Bertz CT molecular complexity index is 1890. The Morgan fingerprint density at radius 2 is 1.95 bits per heavy atom. The van der Waals surface area contributed by atoms with Gasteiger partial charge in [0.05, 0.1) is 26.0 Å². The van der Waals surface area contributed by atoms with Crippen molar-refractivity contribution in [3.63, 3.8) is 0 Å². The maximum Gasteiger partial charge on any atom is 0.338 e. The number of benzene rings is 3. The van der Waals surface area contributed by atoms with Crippen LogP contribution < -0.4 is 19.6 Å². The maximum absolute atomic E-state index is 14.0. The number of rotatable bonds is 7. The van der Waals surface area contributed by atoms with Crippen LogP contribution in [0.15, 0.2) is 86.2 Å². The molecule has 0 fully saturated rings. The molecule has 11 heteroatoms. The summed E-state index contributed by atoms with van der Waals surface area (Å²) in [5, 5.41) is 1.06. The Morgan fingerprint density at radius 3 is 2.68 bits per heavy atom. The minimum atomic E-state index is -0.789. The van der Waals surface area contributed by atoms with Crippen molar-refractivity contribution in [2.45, 2.75) is 26.5 Å². The van der Waals surface area contributed by atoms with Gasteiger partial charge in [0.1, 0.15) is 18.4 Å². The van der Waals surface area contributed by atoms with Crippen LogP contribution in [-0.4, -0.2) is 17.1 Å². The first-order valence-corrected chi connectivity index (χ1v) is 15.9. The second-order valence-electron chi connectivity index (χ2n) is 9.05. The van der Waals surface area contributed by atoms with E-state index in [1.807, 2.05) is 42.5 Å². The molecule has 4 aromatic rings. The summed E-state index contributed by atoms with van der Waals surface area (Å²) in [6, 6.07) is 17.7. The van der Waals surface area contributed by atoms with Gasteiger partial charge in [0.15, 0.2) is 4.80 Å². The zero-order chi connectivity index (χ0) is 29.3. The summed E-state index contributed by atoms with van der Waals surface area (Å²) in [6.45, 7) is 3.97. The predicted octanol–water partition coefficient (Wildman–Crippen LogP) is 7.05. The molecule has 0 amide bonds. The van der Waals surface area contributed by atoms with E-state index in [9.17, 15) is 9.59 Å². The number of halogens is 4. The lowest BCUT2D eigenvalue weighted by Gasteiger charge is -2.25. The third-order valence-electron chi connectivity index (χ3n) is 6.31. The fourth-order valence-electron chi connectivity index (χ4n) is 4.55. The molecule has 0 spiro atoms. The van der Waals surface area contributed by atoms with Gasteiger partial charge in [0.2, 0.25) is 0 Å². The molecule has 2 heterocycles. The fourth-order valence-corrected chi connectivity index (χ4v) is 7.74. The number of fused-ring (bicyclic) bond motifs is 1. The Hall–Kier alpha value is -2.44. The number of esters is 1. The van der Waals surface area contributed by atoms with Crippen molar-refractivity contribution >= 4 is 85.1 Å². The summed E-state index contributed by atoms with van der Waals surface area (Å²) in [6.07, 6.45) is 1.79. The lowest BCUT2D eigenvalue weighted by atomic mass is 9.96. The van der Waals surface area contributed by atoms with Gasteiger partial charge in [0.25, 0.3) is 5.56 Å². The van der Waals surface area contributed by atoms with E-state index >= 15 is 0 Å². The summed E-state index contributed by atoms with van der Waals surface area (Å²) < 4.78 is 15.3. The van der Waals surface area contributed by atoms with Crippen molar-refractivity contribution in [1.29, 1.82) is 0 Å². The van der Waals surface area contributed by atoms with Crippen LogP contribution in [0.2, 0.25) is 10.0 Å². The van der Waals surface area contributed by atoms with Gasteiger partial charge < -0.3 is 9.47 Å². The minimum absolute atomic E-state index is 0.189. The van der Waals surface area contributed by atoms with E-state index in [0.717, 1.165) is 13.6 Å². The number of carbonyl (C=O) groups excluding carboxylic acids is 1. The number of hydrogen-bond donors (Lipinski definition) is 0. The highest BCUT2D eigenvalue weighted by Crippen LogP contribution is 2.35. The van der Waals surface area contributed by atoms with Crippen LogP contribution in [0.25, 0.3) is 6.08 Å². The third-order valence-corrected chi connectivity index (χ3v) is 9.13. The standard InChI is InChI=1S/C30H22BrCl2IN2O4S/c1-3-39-29(38)25-16(2)35-30-36(26(25)21-9-4-5-10-22(21)33)28(37)24(41-30)13-18-12-19(31)14-23(34)27(18)40-15-17-7-6-8-20(32)11-17/h4-14,26H,3,15H2,1-2H3/b24-13-/t26-/m0/s1. The fraction of sp³-hybridized carbons (Fsp3) is 0.167. The molecule has 0 N–H and O–H groups in total. The van der Waals surface area contributed by atoms with Crippen molar-refractivity contribution in [2.24, 2.45) is 4.99 Å². The van der Waals surface area contributed by atoms with Crippen LogP contribution in [0, 0.1) is 3.57 Å². The largest absolute Gasteiger partial charge is 0.487 e. The number of hydrogen-bond acceptors (Lipinski definition) is 6. The normalized spacial score (nSPS) is 15.0. The van der Waals surface area contributed by atoms with Gasteiger partial charge in [-0.15, -0.1) is 0 Å².